The van der Waals surface area contributed by atoms with Crippen LogP contribution in [0, 0.1) is 57.7 Å². The van der Waals surface area contributed by atoms with E-state index < -0.39 is 0 Å². The van der Waals surface area contributed by atoms with Crippen molar-refractivity contribution in [2.75, 3.05) is 0 Å². The van der Waals surface area contributed by atoms with Crippen LogP contribution in [0.2, 0.25) is 0 Å². The third kappa shape index (κ3) is 4.64. The van der Waals surface area contributed by atoms with Gasteiger partial charge in [0.05, 0.1) is 0 Å². The van der Waals surface area contributed by atoms with Crippen LogP contribution in [0.3, 0.4) is 0 Å². The van der Waals surface area contributed by atoms with Gasteiger partial charge in [-0.3, -0.25) is 0 Å². The van der Waals surface area contributed by atoms with E-state index in [1.165, 1.54) is 77.0 Å². The molecule has 0 aromatic heterocycles. The van der Waals surface area contributed by atoms with E-state index in [0.717, 1.165) is 41.4 Å². The molecule has 0 aromatic carbocycles. The molecule has 0 amide bonds. The second-order valence-corrected chi connectivity index (χ2v) is 15.2. The summed E-state index contributed by atoms with van der Waals surface area (Å²) in [5.74, 6) is 6.68. The number of hydrogen-bond donors (Lipinski definition) is 0. The molecule has 4 aliphatic rings. The predicted octanol–water partition coefficient (Wildman–Crippen LogP) is 10.1. The van der Waals surface area contributed by atoms with Gasteiger partial charge in [-0.2, -0.15) is 0 Å². The van der Waals surface area contributed by atoms with Crippen molar-refractivity contribution >= 4 is 0 Å². The Hall–Kier alpha value is -0.260. The maximum atomic E-state index is 2.79. The Balaban J connectivity index is 1.46. The van der Waals surface area contributed by atoms with Crippen molar-refractivity contribution in [2.24, 2.45) is 57.7 Å². The molecule has 184 valence electrons. The van der Waals surface area contributed by atoms with Gasteiger partial charge in [-0.05, 0) is 115 Å². The highest BCUT2D eigenvalue weighted by Crippen LogP contribution is 2.67. The Morgan fingerprint density at radius 2 is 1.69 bits per heavy atom. The fourth-order valence-electron chi connectivity index (χ4n) is 9.80. The standard InChI is InChI=1S/C32H56/c1-22(2)10-9-11-23(3)27-14-15-28-26-13-12-25-20-24(21-30(4,5)6)16-18-31(25,7)29(26)17-19-32(27,28)8/h12,22-24,26-29H,9-11,13-21H2,1-8H3/t23-,24?,26+,27-,28+,29+,31+,32-/m1/s1. The summed E-state index contributed by atoms with van der Waals surface area (Å²) in [7, 11) is 0. The van der Waals surface area contributed by atoms with Crippen LogP contribution in [-0.2, 0) is 0 Å². The lowest BCUT2D eigenvalue weighted by Crippen LogP contribution is -2.50. The summed E-state index contributed by atoms with van der Waals surface area (Å²) < 4.78 is 0. The second-order valence-electron chi connectivity index (χ2n) is 15.2. The first-order valence-electron chi connectivity index (χ1n) is 14.6. The minimum Gasteiger partial charge on any atom is -0.0845 e. The zero-order chi connectivity index (χ0) is 23.3. The SMILES string of the molecule is CC(C)CCC[C@@H](C)[C@H]1CC[C@H]2[C@@H]3CC=C4CC(CC(C)(C)C)CC[C@]4(C)[C@H]3CC[C@]12C. The predicted molar refractivity (Wildman–Crippen MR) is 141 cm³/mol. The number of allylic oxidation sites excluding steroid dienone is 2. The molecular formula is C32H56. The largest absolute Gasteiger partial charge is 0.0845 e. The van der Waals surface area contributed by atoms with E-state index >= 15 is 0 Å². The van der Waals surface area contributed by atoms with Gasteiger partial charge in [0.1, 0.15) is 0 Å². The Bertz CT molecular complexity index is 677. The third-order valence-electron chi connectivity index (χ3n) is 11.3. The first-order chi connectivity index (χ1) is 14.9. The highest BCUT2D eigenvalue weighted by molar-refractivity contribution is 5.25. The van der Waals surface area contributed by atoms with Crippen LogP contribution in [0.5, 0.6) is 0 Å². The second kappa shape index (κ2) is 9.07. The molecule has 32 heavy (non-hydrogen) atoms. The quantitative estimate of drug-likeness (QED) is 0.360. The van der Waals surface area contributed by atoms with Crippen molar-refractivity contribution in [3.63, 3.8) is 0 Å². The molecule has 0 radical (unpaired) electrons. The lowest BCUT2D eigenvalue weighted by molar-refractivity contribution is -0.0536. The molecule has 0 aromatic rings. The fraction of sp³-hybridized carbons (Fsp3) is 0.938. The van der Waals surface area contributed by atoms with Crippen molar-refractivity contribution in [1.82, 2.24) is 0 Å². The summed E-state index contributed by atoms with van der Waals surface area (Å²) in [6, 6.07) is 0. The minimum absolute atomic E-state index is 0.480. The molecule has 0 bridgehead atoms. The molecule has 1 unspecified atom stereocenters. The van der Waals surface area contributed by atoms with Crippen LogP contribution in [0.25, 0.3) is 0 Å². The normalized spacial score (nSPS) is 42.8. The Labute approximate surface area is 201 Å². The highest BCUT2D eigenvalue weighted by atomic mass is 14.6. The molecule has 4 aliphatic carbocycles. The Kier molecular flexibility index (Phi) is 7.05. The molecule has 4 rings (SSSR count). The molecule has 0 spiro atoms. The molecule has 0 heterocycles. The molecule has 0 saturated heterocycles. The van der Waals surface area contributed by atoms with E-state index in [-0.39, 0.29) is 0 Å². The monoisotopic (exact) mass is 440 g/mol. The van der Waals surface area contributed by atoms with Gasteiger partial charge in [-0.1, -0.05) is 86.3 Å². The lowest BCUT2D eigenvalue weighted by Gasteiger charge is -2.59. The number of rotatable bonds is 6. The zero-order valence-electron chi connectivity index (χ0n) is 23.1. The fourth-order valence-corrected chi connectivity index (χ4v) is 9.80. The third-order valence-corrected chi connectivity index (χ3v) is 11.3. The van der Waals surface area contributed by atoms with Gasteiger partial charge in [0.15, 0.2) is 0 Å². The molecule has 0 aliphatic heterocycles. The van der Waals surface area contributed by atoms with Gasteiger partial charge in [0.25, 0.3) is 0 Å². The summed E-state index contributed by atoms with van der Waals surface area (Å²) in [6.07, 6.45) is 20.4. The highest BCUT2D eigenvalue weighted by Gasteiger charge is 2.59. The first kappa shape index (κ1) is 24.9. The van der Waals surface area contributed by atoms with Gasteiger partial charge in [0, 0.05) is 0 Å². The van der Waals surface area contributed by atoms with Gasteiger partial charge in [-0.25, -0.2) is 0 Å². The van der Waals surface area contributed by atoms with Crippen LogP contribution in [0.15, 0.2) is 11.6 Å². The van der Waals surface area contributed by atoms with Crippen LogP contribution in [0.1, 0.15) is 132 Å². The van der Waals surface area contributed by atoms with Crippen LogP contribution < -0.4 is 0 Å². The molecule has 0 nitrogen and oxygen atoms in total. The smallest absolute Gasteiger partial charge is 0.00851 e. The summed E-state index contributed by atoms with van der Waals surface area (Å²) in [5, 5.41) is 0. The summed E-state index contributed by atoms with van der Waals surface area (Å²) in [5.41, 5.74) is 3.52. The molecular weight excluding hydrogens is 384 g/mol. The van der Waals surface area contributed by atoms with Crippen molar-refractivity contribution in [2.45, 2.75) is 132 Å². The summed E-state index contributed by atoms with van der Waals surface area (Å²) in [6.45, 7) is 20.2. The van der Waals surface area contributed by atoms with Gasteiger partial charge < -0.3 is 0 Å². The van der Waals surface area contributed by atoms with Crippen molar-refractivity contribution < 1.29 is 0 Å². The maximum absolute atomic E-state index is 2.79. The molecule has 8 atom stereocenters. The maximum Gasteiger partial charge on any atom is -0.00851 e. The van der Waals surface area contributed by atoms with E-state index in [9.17, 15) is 0 Å². The zero-order valence-corrected chi connectivity index (χ0v) is 23.1. The molecule has 3 saturated carbocycles. The van der Waals surface area contributed by atoms with Crippen molar-refractivity contribution in [1.29, 1.82) is 0 Å². The molecule has 0 N–H and O–H groups in total. The van der Waals surface area contributed by atoms with Gasteiger partial charge in [-0.15, -0.1) is 0 Å². The van der Waals surface area contributed by atoms with Crippen molar-refractivity contribution in [3.8, 4) is 0 Å². The van der Waals surface area contributed by atoms with Crippen LogP contribution in [-0.4, -0.2) is 0 Å². The van der Waals surface area contributed by atoms with Gasteiger partial charge >= 0.3 is 0 Å². The minimum atomic E-state index is 0.480. The van der Waals surface area contributed by atoms with Crippen LogP contribution >= 0.6 is 0 Å². The molecule has 3 fully saturated rings. The lowest BCUT2D eigenvalue weighted by atomic mass is 9.46. The summed E-state index contributed by atoms with van der Waals surface area (Å²) in [4.78, 5) is 0. The molecule has 0 heteroatoms. The van der Waals surface area contributed by atoms with E-state index in [0.29, 0.717) is 16.2 Å². The van der Waals surface area contributed by atoms with Crippen LogP contribution in [0.4, 0.5) is 0 Å². The van der Waals surface area contributed by atoms with E-state index in [1.807, 2.05) is 5.57 Å². The van der Waals surface area contributed by atoms with E-state index in [1.54, 1.807) is 0 Å². The van der Waals surface area contributed by atoms with Gasteiger partial charge in [0.2, 0.25) is 0 Å². The Morgan fingerprint density at radius 3 is 2.38 bits per heavy atom. The number of hydrogen-bond acceptors (Lipinski definition) is 0. The Morgan fingerprint density at radius 1 is 0.938 bits per heavy atom. The van der Waals surface area contributed by atoms with E-state index in [2.05, 4.69) is 61.5 Å². The average Bonchev–Trinajstić information content (AvgIpc) is 3.04. The average molecular weight is 441 g/mol. The summed E-state index contributed by atoms with van der Waals surface area (Å²) >= 11 is 0. The topological polar surface area (TPSA) is 0 Å². The first-order valence-corrected chi connectivity index (χ1v) is 14.6. The number of fused-ring (bicyclic) bond motifs is 5. The van der Waals surface area contributed by atoms with E-state index in [4.69, 9.17) is 0 Å². The van der Waals surface area contributed by atoms with Crippen molar-refractivity contribution in [3.05, 3.63) is 11.6 Å².